The lowest BCUT2D eigenvalue weighted by Crippen LogP contribution is -2.28. The number of esters is 2. The number of rotatable bonds is 2. The van der Waals surface area contributed by atoms with Gasteiger partial charge in [-0.3, -0.25) is 4.98 Å². The van der Waals surface area contributed by atoms with Crippen LogP contribution in [0.15, 0.2) is 73.2 Å². The zero-order chi connectivity index (χ0) is 22.7. The first-order valence-corrected chi connectivity index (χ1v) is 9.29. The molecular weight excluding hydrogens is 421 g/mol. The van der Waals surface area contributed by atoms with E-state index < -0.39 is 18.1 Å². The van der Waals surface area contributed by atoms with Gasteiger partial charge in [0.1, 0.15) is 0 Å². The average molecular weight is 434 g/mol. The number of H-pyrrole nitrogens is 1. The first-order chi connectivity index (χ1) is 15.3. The molecule has 4 rings (SSSR count). The SMILES string of the molecule is O=C(OC(=O)C(F)(F)F)c1cccc(C#Cc2ccncc2)c1-c1ccc2[nH]ccc2c1. The number of aromatic amines is 1. The highest BCUT2D eigenvalue weighted by atomic mass is 19.4. The number of alkyl halides is 3. The fourth-order valence-electron chi connectivity index (χ4n) is 3.12. The van der Waals surface area contributed by atoms with Crippen molar-refractivity contribution in [3.8, 4) is 23.0 Å². The highest BCUT2D eigenvalue weighted by Gasteiger charge is 2.42. The van der Waals surface area contributed by atoms with Crippen molar-refractivity contribution in [1.29, 1.82) is 0 Å². The zero-order valence-corrected chi connectivity index (χ0v) is 16.2. The fourth-order valence-corrected chi connectivity index (χ4v) is 3.12. The summed E-state index contributed by atoms with van der Waals surface area (Å²) >= 11 is 0. The van der Waals surface area contributed by atoms with Crippen molar-refractivity contribution in [3.05, 3.63) is 89.9 Å². The van der Waals surface area contributed by atoms with E-state index in [1.807, 2.05) is 6.07 Å². The van der Waals surface area contributed by atoms with Gasteiger partial charge >= 0.3 is 18.1 Å². The van der Waals surface area contributed by atoms with Gasteiger partial charge in [0.05, 0.1) is 5.56 Å². The molecule has 1 N–H and O–H groups in total. The lowest BCUT2D eigenvalue weighted by Gasteiger charge is -2.12. The highest BCUT2D eigenvalue weighted by Crippen LogP contribution is 2.31. The molecule has 0 saturated heterocycles. The van der Waals surface area contributed by atoms with Crippen LogP contribution in [0.5, 0.6) is 0 Å². The molecule has 158 valence electrons. The fraction of sp³-hybridized carbons (Fsp3) is 0.0417. The summed E-state index contributed by atoms with van der Waals surface area (Å²) in [6.07, 6.45) is -0.415. The predicted molar refractivity (Wildman–Crippen MR) is 110 cm³/mol. The van der Waals surface area contributed by atoms with Gasteiger partial charge < -0.3 is 9.72 Å². The van der Waals surface area contributed by atoms with Gasteiger partial charge in [-0.1, -0.05) is 24.0 Å². The first-order valence-electron chi connectivity index (χ1n) is 9.29. The van der Waals surface area contributed by atoms with Crippen LogP contribution < -0.4 is 0 Å². The van der Waals surface area contributed by atoms with Gasteiger partial charge in [-0.2, -0.15) is 13.2 Å². The minimum absolute atomic E-state index is 0.209. The highest BCUT2D eigenvalue weighted by molar-refractivity contribution is 6.04. The van der Waals surface area contributed by atoms with Gasteiger partial charge in [0, 0.05) is 40.8 Å². The maximum Gasteiger partial charge on any atom is 0.491 e. The van der Waals surface area contributed by atoms with Crippen LogP contribution in [0.3, 0.4) is 0 Å². The van der Waals surface area contributed by atoms with E-state index in [0.29, 0.717) is 16.7 Å². The standard InChI is InChI=1S/C24H13F3N2O3/c25-24(26,27)23(31)32-22(30)19-3-1-2-16(5-4-15-8-11-28-12-9-15)21(19)18-6-7-20-17(14-18)10-13-29-20/h1-3,6-14,29H. The number of nitrogens with one attached hydrogen (secondary N) is 1. The third-order valence-electron chi connectivity index (χ3n) is 4.57. The van der Waals surface area contributed by atoms with Crippen molar-refractivity contribution in [1.82, 2.24) is 9.97 Å². The van der Waals surface area contributed by atoms with Gasteiger partial charge in [0.2, 0.25) is 0 Å². The molecule has 0 aliphatic carbocycles. The quantitative estimate of drug-likeness (QED) is 0.277. The topological polar surface area (TPSA) is 72.1 Å². The molecule has 0 fully saturated rings. The summed E-state index contributed by atoms with van der Waals surface area (Å²) in [6.45, 7) is 0. The Hall–Kier alpha value is -4.38. The molecule has 8 heteroatoms. The first kappa shape index (κ1) is 20.9. The van der Waals surface area contributed by atoms with E-state index >= 15 is 0 Å². The van der Waals surface area contributed by atoms with E-state index in [1.165, 1.54) is 12.1 Å². The molecule has 0 aliphatic rings. The number of halogens is 3. The van der Waals surface area contributed by atoms with Gasteiger partial charge in [-0.05, 0) is 53.4 Å². The third kappa shape index (κ3) is 4.37. The van der Waals surface area contributed by atoms with Crippen LogP contribution in [0.25, 0.3) is 22.0 Å². The molecule has 0 bridgehead atoms. The molecule has 2 aromatic carbocycles. The van der Waals surface area contributed by atoms with E-state index in [0.717, 1.165) is 10.9 Å². The lowest BCUT2D eigenvalue weighted by molar-refractivity contribution is -0.193. The number of carbonyl (C=O) groups excluding carboxylic acids is 2. The van der Waals surface area contributed by atoms with Crippen LogP contribution in [-0.4, -0.2) is 28.1 Å². The molecule has 0 atom stereocenters. The van der Waals surface area contributed by atoms with Crippen molar-refractivity contribution in [3.63, 3.8) is 0 Å². The van der Waals surface area contributed by atoms with Gasteiger partial charge in [0.15, 0.2) is 0 Å². The number of fused-ring (bicyclic) bond motifs is 1. The van der Waals surface area contributed by atoms with Crippen LogP contribution in [-0.2, 0) is 9.53 Å². The van der Waals surface area contributed by atoms with E-state index in [2.05, 4.69) is 26.5 Å². The molecule has 0 amide bonds. The molecule has 0 unspecified atom stereocenters. The maximum absolute atomic E-state index is 12.6. The summed E-state index contributed by atoms with van der Waals surface area (Å²) < 4.78 is 41.9. The smallest absolute Gasteiger partial charge is 0.383 e. The Kier molecular flexibility index (Phi) is 5.48. The normalized spacial score (nSPS) is 11.0. The van der Waals surface area contributed by atoms with E-state index in [-0.39, 0.29) is 11.1 Å². The summed E-state index contributed by atoms with van der Waals surface area (Å²) in [4.78, 5) is 30.7. The van der Waals surface area contributed by atoms with Crippen molar-refractivity contribution < 1.29 is 27.5 Å². The minimum Gasteiger partial charge on any atom is -0.383 e. The molecule has 0 radical (unpaired) electrons. The molecule has 2 aromatic heterocycles. The van der Waals surface area contributed by atoms with Crippen molar-refractivity contribution in [2.45, 2.75) is 6.18 Å². The molecule has 0 aliphatic heterocycles. The van der Waals surface area contributed by atoms with Crippen LogP contribution in [0.4, 0.5) is 13.2 Å². The summed E-state index contributed by atoms with van der Waals surface area (Å²) in [5.74, 6) is 1.89. The Bertz CT molecular complexity index is 1380. The van der Waals surface area contributed by atoms with Crippen LogP contribution in [0.2, 0.25) is 0 Å². The van der Waals surface area contributed by atoms with Crippen molar-refractivity contribution in [2.75, 3.05) is 0 Å². The van der Waals surface area contributed by atoms with Crippen molar-refractivity contribution >= 4 is 22.8 Å². The molecule has 4 aromatic rings. The monoisotopic (exact) mass is 434 g/mol. The van der Waals surface area contributed by atoms with Crippen LogP contribution in [0.1, 0.15) is 21.5 Å². The lowest BCUT2D eigenvalue weighted by atomic mass is 9.93. The van der Waals surface area contributed by atoms with Gasteiger partial charge in [0.25, 0.3) is 0 Å². The summed E-state index contributed by atoms with van der Waals surface area (Å²) in [7, 11) is 0. The number of pyridine rings is 1. The summed E-state index contributed by atoms with van der Waals surface area (Å²) in [5, 5.41) is 0.824. The summed E-state index contributed by atoms with van der Waals surface area (Å²) in [6, 6.07) is 14.8. The maximum atomic E-state index is 12.6. The van der Waals surface area contributed by atoms with E-state index in [9.17, 15) is 22.8 Å². The molecule has 0 saturated carbocycles. The van der Waals surface area contributed by atoms with Gasteiger partial charge in [-0.15, -0.1) is 0 Å². The number of hydrogen-bond donors (Lipinski definition) is 1. The number of ether oxygens (including phenoxy) is 1. The third-order valence-corrected chi connectivity index (χ3v) is 4.57. The van der Waals surface area contributed by atoms with Crippen LogP contribution >= 0.6 is 0 Å². The van der Waals surface area contributed by atoms with Crippen LogP contribution in [0, 0.1) is 11.8 Å². The number of nitrogens with zero attached hydrogens (tertiary/aromatic N) is 1. The zero-order valence-electron chi connectivity index (χ0n) is 16.2. The molecule has 5 nitrogen and oxygen atoms in total. The Morgan fingerprint density at radius 3 is 2.50 bits per heavy atom. The summed E-state index contributed by atoms with van der Waals surface area (Å²) in [5.41, 5.74) is 2.46. The largest absolute Gasteiger partial charge is 0.491 e. The molecule has 32 heavy (non-hydrogen) atoms. The average Bonchev–Trinajstić information content (AvgIpc) is 3.25. The molecular formula is C24H13F3N2O3. The number of hydrogen-bond acceptors (Lipinski definition) is 4. The van der Waals surface area contributed by atoms with Gasteiger partial charge in [-0.25, -0.2) is 9.59 Å². The Morgan fingerprint density at radius 2 is 1.75 bits per heavy atom. The predicted octanol–water partition coefficient (Wildman–Crippen LogP) is 4.88. The Labute approximate surface area is 179 Å². The number of aromatic nitrogens is 2. The Balaban J connectivity index is 1.85. The molecule has 0 spiro atoms. The second kappa shape index (κ2) is 8.40. The number of benzene rings is 2. The second-order valence-corrected chi connectivity index (χ2v) is 6.67. The Morgan fingerprint density at radius 1 is 0.969 bits per heavy atom. The van der Waals surface area contributed by atoms with E-state index in [1.54, 1.807) is 55.0 Å². The minimum atomic E-state index is -5.29. The van der Waals surface area contributed by atoms with E-state index in [4.69, 9.17) is 0 Å². The molecule has 2 heterocycles. The second-order valence-electron chi connectivity index (χ2n) is 6.67. The number of carbonyl (C=O) groups is 2. The van der Waals surface area contributed by atoms with Crippen molar-refractivity contribution in [2.24, 2.45) is 0 Å².